The summed E-state index contributed by atoms with van der Waals surface area (Å²) in [6.45, 7) is 7.90. The van der Waals surface area contributed by atoms with Crippen molar-refractivity contribution in [3.05, 3.63) is 29.8 Å². The Hall–Kier alpha value is -1.38. The van der Waals surface area contributed by atoms with Crippen molar-refractivity contribution in [2.24, 2.45) is 5.41 Å². The van der Waals surface area contributed by atoms with E-state index in [9.17, 15) is 8.42 Å². The molecule has 5 heteroatoms. The normalized spacial score (nSPS) is 14.2. The van der Waals surface area contributed by atoms with Gasteiger partial charge in [-0.1, -0.05) is 20.8 Å². The van der Waals surface area contributed by atoms with Gasteiger partial charge in [0.25, 0.3) is 0 Å². The first-order valence-corrected chi connectivity index (χ1v) is 7.53. The zero-order chi connectivity index (χ0) is 14.8. The van der Waals surface area contributed by atoms with Crippen LogP contribution < -0.4 is 0 Å². The first kappa shape index (κ1) is 15.7. The minimum Gasteiger partial charge on any atom is -0.207 e. The quantitative estimate of drug-likeness (QED) is 0.855. The third-order valence-electron chi connectivity index (χ3n) is 3.46. The Bertz CT molecular complexity index is 577. The maximum atomic E-state index is 12.5. The smallest absolute Gasteiger partial charge is 0.207 e. The van der Waals surface area contributed by atoms with Gasteiger partial charge in [-0.25, -0.2) is 8.42 Å². The summed E-state index contributed by atoms with van der Waals surface area (Å²) in [5, 5.41) is 8.73. The lowest BCUT2D eigenvalue weighted by molar-refractivity contribution is 0.216. The monoisotopic (exact) mass is 280 g/mol. The fraction of sp³-hybridized carbons (Fsp3) is 0.500. The zero-order valence-electron chi connectivity index (χ0n) is 12.0. The second-order valence-corrected chi connectivity index (χ2v) is 7.70. The molecule has 1 atom stereocenters. The summed E-state index contributed by atoms with van der Waals surface area (Å²) in [5.41, 5.74) is 0.305. The van der Waals surface area contributed by atoms with Gasteiger partial charge in [-0.05, 0) is 36.6 Å². The van der Waals surface area contributed by atoms with Gasteiger partial charge in [0, 0.05) is 13.1 Å². The molecule has 4 nitrogen and oxygen atoms in total. The Labute approximate surface area is 115 Å². The number of nitriles is 1. The van der Waals surface area contributed by atoms with Gasteiger partial charge in [-0.15, -0.1) is 0 Å². The van der Waals surface area contributed by atoms with Crippen molar-refractivity contribution in [3.63, 3.8) is 0 Å². The summed E-state index contributed by atoms with van der Waals surface area (Å²) in [4.78, 5) is 0.213. The Morgan fingerprint density at radius 1 is 1.21 bits per heavy atom. The van der Waals surface area contributed by atoms with Gasteiger partial charge in [0.05, 0.1) is 16.5 Å². The highest BCUT2D eigenvalue weighted by Crippen LogP contribution is 2.27. The number of rotatable bonds is 3. The Morgan fingerprint density at radius 3 is 2.05 bits per heavy atom. The van der Waals surface area contributed by atoms with Crippen LogP contribution >= 0.6 is 0 Å². The molecule has 0 aliphatic heterocycles. The van der Waals surface area contributed by atoms with Crippen LogP contribution in [0.3, 0.4) is 0 Å². The third-order valence-corrected chi connectivity index (χ3v) is 5.40. The molecule has 0 aliphatic carbocycles. The van der Waals surface area contributed by atoms with Crippen LogP contribution in [-0.2, 0) is 10.0 Å². The Morgan fingerprint density at radius 2 is 1.68 bits per heavy atom. The molecule has 0 aromatic heterocycles. The van der Waals surface area contributed by atoms with E-state index < -0.39 is 10.0 Å². The molecular weight excluding hydrogens is 260 g/mol. The summed E-state index contributed by atoms with van der Waals surface area (Å²) in [5.74, 6) is 0. The zero-order valence-corrected chi connectivity index (χ0v) is 12.8. The molecule has 0 bridgehead atoms. The van der Waals surface area contributed by atoms with Crippen molar-refractivity contribution in [3.8, 4) is 6.07 Å². The Kier molecular flexibility index (Phi) is 4.39. The maximum Gasteiger partial charge on any atom is 0.243 e. The molecule has 0 spiro atoms. The maximum absolute atomic E-state index is 12.5. The molecule has 1 rings (SSSR count). The molecule has 0 radical (unpaired) electrons. The van der Waals surface area contributed by atoms with Crippen molar-refractivity contribution >= 4 is 10.0 Å². The number of hydrogen-bond acceptors (Lipinski definition) is 3. The summed E-state index contributed by atoms with van der Waals surface area (Å²) in [6.07, 6.45) is 0. The standard InChI is InChI=1S/C14H20N2O2S/c1-11(14(2,3)4)16(5)19(17,18)13-8-6-12(10-15)7-9-13/h6-9,11H,1-5H3. The van der Waals surface area contributed by atoms with E-state index in [1.807, 2.05) is 33.8 Å². The summed E-state index contributed by atoms with van der Waals surface area (Å²) in [7, 11) is -1.94. The van der Waals surface area contributed by atoms with Crippen LogP contribution in [0.1, 0.15) is 33.3 Å². The molecule has 1 unspecified atom stereocenters. The van der Waals surface area contributed by atoms with Gasteiger partial charge in [0.15, 0.2) is 0 Å². The third kappa shape index (κ3) is 3.34. The Balaban J connectivity index is 3.13. The molecule has 0 fully saturated rings. The van der Waals surface area contributed by atoms with Crippen LogP contribution in [0, 0.1) is 16.7 Å². The molecule has 0 N–H and O–H groups in total. The van der Waals surface area contributed by atoms with Crippen LogP contribution in [0.25, 0.3) is 0 Å². The molecular formula is C14H20N2O2S. The van der Waals surface area contributed by atoms with E-state index >= 15 is 0 Å². The molecule has 0 saturated carbocycles. The minimum absolute atomic E-state index is 0.131. The highest BCUT2D eigenvalue weighted by Gasteiger charge is 2.32. The van der Waals surface area contributed by atoms with E-state index in [0.717, 1.165) is 0 Å². The highest BCUT2D eigenvalue weighted by molar-refractivity contribution is 7.89. The second kappa shape index (κ2) is 5.32. The van der Waals surface area contributed by atoms with Crippen molar-refractivity contribution in [2.45, 2.75) is 38.6 Å². The first-order valence-electron chi connectivity index (χ1n) is 6.09. The van der Waals surface area contributed by atoms with Gasteiger partial charge in [-0.3, -0.25) is 0 Å². The molecule has 1 aromatic rings. The number of nitrogens with zero attached hydrogens (tertiary/aromatic N) is 2. The molecule has 0 amide bonds. The molecule has 0 aliphatic rings. The SMILES string of the molecule is CC(N(C)S(=O)(=O)c1ccc(C#N)cc1)C(C)(C)C. The predicted octanol–water partition coefficient (Wildman–Crippen LogP) is 2.61. The van der Waals surface area contributed by atoms with Gasteiger partial charge in [-0.2, -0.15) is 9.57 Å². The lowest BCUT2D eigenvalue weighted by Gasteiger charge is -2.34. The minimum atomic E-state index is -3.52. The van der Waals surface area contributed by atoms with Gasteiger partial charge >= 0.3 is 0 Å². The molecule has 19 heavy (non-hydrogen) atoms. The van der Waals surface area contributed by atoms with Gasteiger partial charge in [0.2, 0.25) is 10.0 Å². The fourth-order valence-corrected chi connectivity index (χ4v) is 3.17. The van der Waals surface area contributed by atoms with Gasteiger partial charge < -0.3 is 0 Å². The van der Waals surface area contributed by atoms with Gasteiger partial charge in [0.1, 0.15) is 0 Å². The topological polar surface area (TPSA) is 61.2 Å². The van der Waals surface area contributed by atoms with Crippen molar-refractivity contribution in [1.29, 1.82) is 5.26 Å². The molecule has 0 saturated heterocycles. The molecule has 1 aromatic carbocycles. The summed E-state index contributed by atoms with van der Waals surface area (Å²) < 4.78 is 26.3. The van der Waals surface area contributed by atoms with Crippen LogP contribution in [0.5, 0.6) is 0 Å². The van der Waals surface area contributed by atoms with Crippen LogP contribution in [-0.4, -0.2) is 25.8 Å². The van der Waals surface area contributed by atoms with E-state index in [-0.39, 0.29) is 16.4 Å². The predicted molar refractivity (Wildman–Crippen MR) is 75.0 cm³/mol. The van der Waals surface area contributed by atoms with E-state index in [1.165, 1.54) is 28.6 Å². The largest absolute Gasteiger partial charge is 0.243 e. The lowest BCUT2D eigenvalue weighted by Crippen LogP contribution is -2.42. The molecule has 0 heterocycles. The second-order valence-electron chi connectivity index (χ2n) is 5.70. The van der Waals surface area contributed by atoms with E-state index in [1.54, 1.807) is 7.05 Å². The van der Waals surface area contributed by atoms with E-state index in [0.29, 0.717) is 5.56 Å². The van der Waals surface area contributed by atoms with Crippen molar-refractivity contribution in [2.75, 3.05) is 7.05 Å². The van der Waals surface area contributed by atoms with Crippen LogP contribution in [0.15, 0.2) is 29.2 Å². The summed E-state index contributed by atoms with van der Waals surface area (Å²) in [6, 6.07) is 7.82. The van der Waals surface area contributed by atoms with Crippen LogP contribution in [0.2, 0.25) is 0 Å². The fourth-order valence-electron chi connectivity index (χ4n) is 1.62. The first-order chi connectivity index (χ1) is 8.60. The van der Waals surface area contributed by atoms with Crippen molar-refractivity contribution < 1.29 is 8.42 Å². The number of benzene rings is 1. The average Bonchev–Trinajstić information content (AvgIpc) is 2.35. The van der Waals surface area contributed by atoms with E-state index in [2.05, 4.69) is 0 Å². The average molecular weight is 280 g/mol. The van der Waals surface area contributed by atoms with Crippen LogP contribution in [0.4, 0.5) is 0 Å². The highest BCUT2D eigenvalue weighted by atomic mass is 32.2. The lowest BCUT2D eigenvalue weighted by atomic mass is 9.88. The van der Waals surface area contributed by atoms with E-state index in [4.69, 9.17) is 5.26 Å². The van der Waals surface area contributed by atoms with Crippen molar-refractivity contribution in [1.82, 2.24) is 4.31 Å². The molecule has 104 valence electrons. The number of sulfonamides is 1. The number of hydrogen-bond donors (Lipinski definition) is 0. The summed E-state index contributed by atoms with van der Waals surface area (Å²) >= 11 is 0.